The third-order valence-electron chi connectivity index (χ3n) is 6.46. The van der Waals surface area contributed by atoms with Crippen LogP contribution in [0.2, 0.25) is 0 Å². The van der Waals surface area contributed by atoms with Crippen molar-refractivity contribution in [2.75, 3.05) is 55.2 Å². The van der Waals surface area contributed by atoms with Gasteiger partial charge in [0.1, 0.15) is 6.61 Å². The molecular formula is C25H32N4O5. The molecule has 182 valence electrons. The van der Waals surface area contributed by atoms with E-state index in [4.69, 9.17) is 9.57 Å². The highest BCUT2D eigenvalue weighted by atomic mass is 16.6. The molecule has 2 aliphatic rings. The van der Waals surface area contributed by atoms with Crippen molar-refractivity contribution in [2.45, 2.75) is 32.4 Å². The SMILES string of the molecule is CCN(CCO)C(=O)c1ccc(N2CCC(N3C(=O)OCc4ccccc43)CC2)c(NOC)c1. The molecule has 0 atom stereocenters. The Morgan fingerprint density at radius 3 is 2.68 bits per heavy atom. The van der Waals surface area contributed by atoms with E-state index in [-0.39, 0.29) is 24.6 Å². The number of hydrogen-bond donors (Lipinski definition) is 2. The topological polar surface area (TPSA) is 94.6 Å². The predicted molar refractivity (Wildman–Crippen MR) is 130 cm³/mol. The summed E-state index contributed by atoms with van der Waals surface area (Å²) in [5.41, 5.74) is 7.03. The van der Waals surface area contributed by atoms with Gasteiger partial charge in [-0.2, -0.15) is 0 Å². The average molecular weight is 469 g/mol. The van der Waals surface area contributed by atoms with Crippen molar-refractivity contribution in [1.82, 2.24) is 4.90 Å². The summed E-state index contributed by atoms with van der Waals surface area (Å²) in [6.45, 7) is 4.42. The van der Waals surface area contributed by atoms with E-state index in [9.17, 15) is 14.7 Å². The van der Waals surface area contributed by atoms with Gasteiger partial charge in [-0.05, 0) is 44.0 Å². The Morgan fingerprint density at radius 1 is 1.21 bits per heavy atom. The minimum Gasteiger partial charge on any atom is -0.444 e. The van der Waals surface area contributed by atoms with Gasteiger partial charge in [0.05, 0.1) is 30.8 Å². The largest absolute Gasteiger partial charge is 0.444 e. The van der Waals surface area contributed by atoms with Crippen molar-refractivity contribution in [3.05, 3.63) is 53.6 Å². The van der Waals surface area contributed by atoms with Gasteiger partial charge in [-0.1, -0.05) is 18.2 Å². The molecule has 0 radical (unpaired) electrons. The number of aliphatic hydroxyl groups excluding tert-OH is 1. The highest BCUT2D eigenvalue weighted by Gasteiger charge is 2.34. The summed E-state index contributed by atoms with van der Waals surface area (Å²) in [5, 5.41) is 9.24. The van der Waals surface area contributed by atoms with Gasteiger partial charge in [0.15, 0.2) is 0 Å². The molecular weight excluding hydrogens is 436 g/mol. The number of hydrogen-bond acceptors (Lipinski definition) is 7. The quantitative estimate of drug-likeness (QED) is 0.575. The molecule has 2 heterocycles. The van der Waals surface area contributed by atoms with E-state index in [0.29, 0.717) is 30.9 Å². The van der Waals surface area contributed by atoms with Crippen LogP contribution >= 0.6 is 0 Å². The van der Waals surface area contributed by atoms with E-state index in [2.05, 4.69) is 10.4 Å². The lowest BCUT2D eigenvalue weighted by Gasteiger charge is -2.41. The number of nitrogens with one attached hydrogen (secondary N) is 1. The number of carbonyl (C=O) groups is 2. The van der Waals surface area contributed by atoms with Gasteiger partial charge in [-0.25, -0.2) is 4.79 Å². The van der Waals surface area contributed by atoms with Gasteiger partial charge in [0, 0.05) is 43.3 Å². The van der Waals surface area contributed by atoms with Crippen LogP contribution < -0.4 is 15.3 Å². The molecule has 1 saturated heterocycles. The second kappa shape index (κ2) is 10.8. The van der Waals surface area contributed by atoms with Crippen LogP contribution in [0.4, 0.5) is 21.9 Å². The molecule has 0 aliphatic carbocycles. The van der Waals surface area contributed by atoms with E-state index in [1.54, 1.807) is 15.9 Å². The molecule has 2 aromatic carbocycles. The molecule has 2 N–H and O–H groups in total. The number of piperidine rings is 1. The fourth-order valence-corrected chi connectivity index (χ4v) is 4.73. The maximum Gasteiger partial charge on any atom is 0.414 e. The molecule has 2 amide bonds. The Kier molecular flexibility index (Phi) is 7.54. The smallest absolute Gasteiger partial charge is 0.414 e. The van der Waals surface area contributed by atoms with Crippen LogP contribution in [-0.2, 0) is 16.2 Å². The minimum absolute atomic E-state index is 0.0569. The molecule has 9 heteroatoms. The van der Waals surface area contributed by atoms with E-state index < -0.39 is 0 Å². The van der Waals surface area contributed by atoms with Crippen LogP contribution in [-0.4, -0.2) is 67.9 Å². The number of benzene rings is 2. The van der Waals surface area contributed by atoms with Crippen molar-refractivity contribution >= 4 is 29.1 Å². The average Bonchev–Trinajstić information content (AvgIpc) is 2.87. The van der Waals surface area contributed by atoms with Crippen LogP contribution in [0.25, 0.3) is 0 Å². The van der Waals surface area contributed by atoms with Crippen molar-refractivity contribution < 1.29 is 24.3 Å². The first kappa shape index (κ1) is 23.8. The standard InChI is InChI=1S/C25H32N4O5/c1-3-27(14-15-30)24(31)18-8-9-23(21(16-18)26-33-2)28-12-10-20(11-13-28)29-22-7-5-4-6-19(22)17-34-25(29)32/h4-9,16,20,26,30H,3,10-15,17H2,1-2H3. The van der Waals surface area contributed by atoms with Crippen LogP contribution in [0.3, 0.4) is 0 Å². The Hall–Kier alpha value is -3.30. The maximum absolute atomic E-state index is 12.8. The van der Waals surface area contributed by atoms with Gasteiger partial charge in [0.25, 0.3) is 5.91 Å². The molecule has 0 unspecified atom stereocenters. The molecule has 0 bridgehead atoms. The summed E-state index contributed by atoms with van der Waals surface area (Å²) >= 11 is 0. The summed E-state index contributed by atoms with van der Waals surface area (Å²) in [4.78, 5) is 36.3. The fraction of sp³-hybridized carbons (Fsp3) is 0.440. The number of rotatable bonds is 8. The van der Waals surface area contributed by atoms with E-state index in [1.807, 2.05) is 43.3 Å². The van der Waals surface area contributed by atoms with Crippen molar-refractivity contribution in [3.8, 4) is 0 Å². The van der Waals surface area contributed by atoms with Crippen LogP contribution in [0.15, 0.2) is 42.5 Å². The minimum atomic E-state index is -0.287. The molecule has 0 aromatic heterocycles. The zero-order valence-corrected chi connectivity index (χ0v) is 19.7. The third kappa shape index (κ3) is 4.80. The summed E-state index contributed by atoms with van der Waals surface area (Å²) in [7, 11) is 1.54. The monoisotopic (exact) mass is 468 g/mol. The van der Waals surface area contributed by atoms with E-state index in [0.717, 1.165) is 42.9 Å². The first-order valence-corrected chi connectivity index (χ1v) is 11.7. The molecule has 0 spiro atoms. The number of para-hydroxylation sites is 1. The Bertz CT molecular complexity index is 1020. The molecule has 0 saturated carbocycles. The van der Waals surface area contributed by atoms with Crippen molar-refractivity contribution in [2.24, 2.45) is 0 Å². The molecule has 1 fully saturated rings. The number of nitrogens with zero attached hydrogens (tertiary/aromatic N) is 3. The summed E-state index contributed by atoms with van der Waals surface area (Å²) in [6.07, 6.45) is 1.29. The van der Waals surface area contributed by atoms with Crippen molar-refractivity contribution in [1.29, 1.82) is 0 Å². The summed E-state index contributed by atoms with van der Waals surface area (Å²) in [6, 6.07) is 13.5. The number of aliphatic hydroxyl groups is 1. The highest BCUT2D eigenvalue weighted by Crippen LogP contribution is 2.35. The first-order chi connectivity index (χ1) is 16.6. The van der Waals surface area contributed by atoms with E-state index >= 15 is 0 Å². The highest BCUT2D eigenvalue weighted by molar-refractivity contribution is 5.96. The number of amides is 2. The second-order valence-electron chi connectivity index (χ2n) is 8.42. The van der Waals surface area contributed by atoms with Crippen LogP contribution in [0.5, 0.6) is 0 Å². The summed E-state index contributed by atoms with van der Waals surface area (Å²) in [5.74, 6) is -0.136. The lowest BCUT2D eigenvalue weighted by atomic mass is 9.99. The Balaban J connectivity index is 1.50. The number of carbonyl (C=O) groups excluding carboxylic acids is 2. The Morgan fingerprint density at radius 2 is 1.97 bits per heavy atom. The molecule has 34 heavy (non-hydrogen) atoms. The molecule has 4 rings (SSSR count). The normalized spacial score (nSPS) is 16.1. The van der Waals surface area contributed by atoms with Crippen LogP contribution in [0.1, 0.15) is 35.7 Å². The van der Waals surface area contributed by atoms with E-state index in [1.165, 1.54) is 7.11 Å². The second-order valence-corrected chi connectivity index (χ2v) is 8.42. The number of ether oxygens (including phenoxy) is 1. The number of likely N-dealkylation sites (N-methyl/N-ethyl adjacent to an activating group) is 1. The predicted octanol–water partition coefficient (Wildman–Crippen LogP) is 3.24. The lowest BCUT2D eigenvalue weighted by molar-refractivity contribution is 0.0732. The van der Waals surface area contributed by atoms with Gasteiger partial charge in [0.2, 0.25) is 0 Å². The summed E-state index contributed by atoms with van der Waals surface area (Å²) < 4.78 is 5.41. The third-order valence-corrected chi connectivity index (χ3v) is 6.46. The number of cyclic esters (lactones) is 1. The zero-order valence-electron chi connectivity index (χ0n) is 19.7. The number of anilines is 3. The van der Waals surface area contributed by atoms with Crippen molar-refractivity contribution in [3.63, 3.8) is 0 Å². The van der Waals surface area contributed by atoms with Gasteiger partial charge in [-0.3, -0.25) is 20.0 Å². The maximum atomic E-state index is 12.8. The lowest BCUT2D eigenvalue weighted by Crippen LogP contribution is -2.49. The van der Waals surface area contributed by atoms with Gasteiger partial charge >= 0.3 is 6.09 Å². The fourth-order valence-electron chi connectivity index (χ4n) is 4.73. The number of fused-ring (bicyclic) bond motifs is 1. The zero-order chi connectivity index (χ0) is 24.1. The van der Waals surface area contributed by atoms with Gasteiger partial charge in [-0.15, -0.1) is 0 Å². The Labute approximate surface area is 199 Å². The van der Waals surface area contributed by atoms with Crippen LogP contribution in [0, 0.1) is 0 Å². The van der Waals surface area contributed by atoms with Gasteiger partial charge < -0.3 is 19.6 Å². The first-order valence-electron chi connectivity index (χ1n) is 11.7. The molecule has 9 nitrogen and oxygen atoms in total. The molecule has 2 aliphatic heterocycles. The molecule has 2 aromatic rings.